The monoisotopic (exact) mass is 470 g/mol. The molecule has 0 spiro atoms. The molecule has 1 aromatic rings. The number of benzene rings is 1. The number of carbonyl (C=O) groups excluding carboxylic acids is 2. The Morgan fingerprint density at radius 3 is 1.77 bits per heavy atom. The lowest BCUT2D eigenvalue weighted by atomic mass is 9.76. The first kappa shape index (κ1) is 22.3. The van der Waals surface area contributed by atoms with E-state index in [-0.39, 0.29) is 22.7 Å². The van der Waals surface area contributed by atoms with Gasteiger partial charge in [-0.15, -0.1) is 0 Å². The van der Waals surface area contributed by atoms with Crippen molar-refractivity contribution in [1.29, 1.82) is 0 Å². The largest absolute Gasteiger partial charge is 0.511 e. The van der Waals surface area contributed by atoms with Crippen molar-refractivity contribution < 1.29 is 29.3 Å². The second kappa shape index (κ2) is 8.72. The first-order valence-electron chi connectivity index (χ1n) is 11.0. The van der Waals surface area contributed by atoms with Crippen LogP contribution in [0.1, 0.15) is 11.5 Å². The van der Waals surface area contributed by atoms with Gasteiger partial charge in [0.05, 0.1) is 54.5 Å². The van der Waals surface area contributed by atoms with E-state index in [4.69, 9.17) is 9.47 Å². The van der Waals surface area contributed by atoms with Crippen LogP contribution in [-0.4, -0.2) is 47.7 Å². The first-order chi connectivity index (χ1) is 16.9. The summed E-state index contributed by atoms with van der Waals surface area (Å²) in [6, 6.07) is 4.89. The highest BCUT2D eigenvalue weighted by Crippen LogP contribution is 2.44. The van der Waals surface area contributed by atoms with Gasteiger partial charge in [-0.05, 0) is 29.8 Å². The quantitative estimate of drug-likeness (QED) is 0.675. The van der Waals surface area contributed by atoms with Gasteiger partial charge in [0.25, 0.3) is 11.8 Å². The summed E-state index contributed by atoms with van der Waals surface area (Å²) in [6.07, 6.45) is 13.7. The summed E-state index contributed by atoms with van der Waals surface area (Å²) in [5, 5.41) is 22.6. The van der Waals surface area contributed by atoms with E-state index in [9.17, 15) is 19.8 Å². The number of hydrogen-bond donors (Lipinski definition) is 2. The van der Waals surface area contributed by atoms with Crippen molar-refractivity contribution in [2.75, 3.05) is 14.2 Å². The summed E-state index contributed by atoms with van der Waals surface area (Å²) in [4.78, 5) is 34.9. The highest BCUT2D eigenvalue weighted by atomic mass is 16.5. The SMILES string of the molecule is COc1ccc(C(C2=C(O)C3C=CC=CC3=NC2=O)C2=C(O)C3C=CC=CC3=NC2=O)cc1OC. The predicted octanol–water partition coefficient (Wildman–Crippen LogP) is 3.86. The molecule has 176 valence electrons. The van der Waals surface area contributed by atoms with Crippen LogP contribution < -0.4 is 9.47 Å². The van der Waals surface area contributed by atoms with E-state index in [0.29, 0.717) is 28.5 Å². The average molecular weight is 470 g/mol. The van der Waals surface area contributed by atoms with Crippen molar-refractivity contribution >= 4 is 23.2 Å². The summed E-state index contributed by atoms with van der Waals surface area (Å²) in [7, 11) is 2.96. The molecule has 35 heavy (non-hydrogen) atoms. The zero-order chi connectivity index (χ0) is 24.7. The molecule has 2 N–H and O–H groups in total. The number of nitrogens with zero attached hydrogens (tertiary/aromatic N) is 2. The van der Waals surface area contributed by atoms with E-state index < -0.39 is 29.6 Å². The molecule has 0 saturated carbocycles. The number of amides is 2. The van der Waals surface area contributed by atoms with Crippen molar-refractivity contribution in [2.24, 2.45) is 21.8 Å². The number of aliphatic hydroxyl groups excluding tert-OH is 2. The van der Waals surface area contributed by atoms with E-state index in [1.54, 1.807) is 66.8 Å². The molecule has 2 unspecified atom stereocenters. The number of allylic oxidation sites excluding steroid dienone is 8. The summed E-state index contributed by atoms with van der Waals surface area (Å²) in [6.45, 7) is 0. The molecule has 4 aliphatic rings. The Morgan fingerprint density at radius 1 is 0.771 bits per heavy atom. The smallest absolute Gasteiger partial charge is 0.277 e. The molecule has 2 aliphatic carbocycles. The number of aliphatic hydroxyl groups is 2. The molecule has 8 nitrogen and oxygen atoms in total. The molecule has 0 radical (unpaired) electrons. The van der Waals surface area contributed by atoms with Crippen LogP contribution in [0.4, 0.5) is 0 Å². The fourth-order valence-corrected chi connectivity index (χ4v) is 4.70. The van der Waals surface area contributed by atoms with E-state index in [1.165, 1.54) is 14.2 Å². The average Bonchev–Trinajstić information content (AvgIpc) is 2.87. The minimum Gasteiger partial charge on any atom is -0.511 e. The van der Waals surface area contributed by atoms with Gasteiger partial charge in [-0.25, -0.2) is 9.98 Å². The Morgan fingerprint density at radius 2 is 1.29 bits per heavy atom. The standard InChI is InChI=1S/C27H22N2O6/c1-34-19-12-11-14(13-20(19)35-2)21(22-24(30)15-7-3-5-9-17(15)28-26(22)32)23-25(31)16-8-4-6-10-18(16)29-27(23)33/h3-13,15-16,21,30-31H,1-2H3. The molecule has 8 heteroatoms. The molecule has 0 fully saturated rings. The van der Waals surface area contributed by atoms with Crippen LogP contribution in [0.25, 0.3) is 0 Å². The molecule has 5 rings (SSSR count). The van der Waals surface area contributed by atoms with Crippen LogP contribution in [0.3, 0.4) is 0 Å². The summed E-state index contributed by atoms with van der Waals surface area (Å²) in [5.74, 6) is -3.50. The normalized spacial score (nSPS) is 23.6. The van der Waals surface area contributed by atoms with Crippen LogP contribution in [0.5, 0.6) is 11.5 Å². The fourth-order valence-electron chi connectivity index (χ4n) is 4.70. The number of hydrogen-bond acceptors (Lipinski definition) is 6. The Kier molecular flexibility index (Phi) is 5.56. The number of carbonyl (C=O) groups is 2. The van der Waals surface area contributed by atoms with Gasteiger partial charge in [-0.3, -0.25) is 9.59 Å². The van der Waals surface area contributed by atoms with Crippen LogP contribution in [0, 0.1) is 11.8 Å². The Bertz CT molecular complexity index is 1310. The maximum Gasteiger partial charge on any atom is 0.277 e. The van der Waals surface area contributed by atoms with Gasteiger partial charge in [0.15, 0.2) is 11.5 Å². The molecule has 0 aromatic heterocycles. The molecular formula is C27H22N2O6. The van der Waals surface area contributed by atoms with Crippen molar-refractivity contribution in [1.82, 2.24) is 0 Å². The number of dihydropyridines is 2. The van der Waals surface area contributed by atoms with Crippen LogP contribution in [-0.2, 0) is 9.59 Å². The minimum atomic E-state index is -1.15. The van der Waals surface area contributed by atoms with Gasteiger partial charge in [-0.1, -0.05) is 42.5 Å². The van der Waals surface area contributed by atoms with Crippen LogP contribution in [0.2, 0.25) is 0 Å². The zero-order valence-electron chi connectivity index (χ0n) is 19.0. The second-order valence-electron chi connectivity index (χ2n) is 8.27. The molecule has 2 amide bonds. The molecule has 0 bridgehead atoms. The molecule has 0 saturated heterocycles. The Balaban J connectivity index is 1.74. The van der Waals surface area contributed by atoms with Gasteiger partial charge in [0, 0.05) is 0 Å². The van der Waals surface area contributed by atoms with E-state index >= 15 is 0 Å². The summed E-state index contributed by atoms with van der Waals surface area (Å²) < 4.78 is 10.8. The third-order valence-electron chi connectivity index (χ3n) is 6.38. The topological polar surface area (TPSA) is 118 Å². The fraction of sp³-hybridized carbons (Fsp3) is 0.185. The predicted molar refractivity (Wildman–Crippen MR) is 130 cm³/mol. The highest BCUT2D eigenvalue weighted by molar-refractivity contribution is 6.18. The molecule has 2 heterocycles. The molecular weight excluding hydrogens is 448 g/mol. The van der Waals surface area contributed by atoms with Crippen molar-refractivity contribution in [3.63, 3.8) is 0 Å². The first-order valence-corrected chi connectivity index (χ1v) is 11.0. The number of ether oxygens (including phenoxy) is 2. The lowest BCUT2D eigenvalue weighted by molar-refractivity contribution is -0.115. The van der Waals surface area contributed by atoms with E-state index in [1.807, 2.05) is 0 Å². The van der Waals surface area contributed by atoms with Crippen molar-refractivity contribution in [2.45, 2.75) is 5.92 Å². The number of aliphatic imine (C=N–C) groups is 2. The maximum atomic E-state index is 13.3. The van der Waals surface area contributed by atoms with Crippen LogP contribution in [0.15, 0.2) is 99.5 Å². The van der Waals surface area contributed by atoms with E-state index in [0.717, 1.165) is 0 Å². The van der Waals surface area contributed by atoms with Crippen molar-refractivity contribution in [3.8, 4) is 11.5 Å². The third kappa shape index (κ3) is 3.63. The molecule has 2 aliphatic heterocycles. The van der Waals surface area contributed by atoms with Gasteiger partial charge in [-0.2, -0.15) is 0 Å². The maximum absolute atomic E-state index is 13.3. The Hall–Kier alpha value is -4.46. The second-order valence-corrected chi connectivity index (χ2v) is 8.27. The lowest BCUT2D eigenvalue weighted by Gasteiger charge is -2.31. The van der Waals surface area contributed by atoms with E-state index in [2.05, 4.69) is 9.98 Å². The van der Waals surface area contributed by atoms with Gasteiger partial charge < -0.3 is 19.7 Å². The third-order valence-corrected chi connectivity index (χ3v) is 6.38. The highest BCUT2D eigenvalue weighted by Gasteiger charge is 2.42. The number of fused-ring (bicyclic) bond motifs is 2. The zero-order valence-corrected chi connectivity index (χ0v) is 19.0. The van der Waals surface area contributed by atoms with Gasteiger partial charge in [0.2, 0.25) is 0 Å². The Labute approximate surface area is 201 Å². The summed E-state index contributed by atoms with van der Waals surface area (Å²) in [5.41, 5.74) is 1.03. The molecule has 2 atom stereocenters. The van der Waals surface area contributed by atoms with Gasteiger partial charge >= 0.3 is 0 Å². The number of methoxy groups -OCH3 is 2. The number of rotatable bonds is 5. The molecule has 1 aromatic carbocycles. The van der Waals surface area contributed by atoms with Crippen molar-refractivity contribution in [3.05, 3.63) is 95.0 Å². The van der Waals surface area contributed by atoms with Crippen LogP contribution >= 0.6 is 0 Å². The summed E-state index contributed by atoms with van der Waals surface area (Å²) >= 11 is 0. The van der Waals surface area contributed by atoms with Gasteiger partial charge in [0.1, 0.15) is 11.5 Å². The lowest BCUT2D eigenvalue weighted by Crippen LogP contribution is -2.32. The minimum absolute atomic E-state index is 0.102.